The zero-order chi connectivity index (χ0) is 38.4. The van der Waals surface area contributed by atoms with Crippen molar-refractivity contribution in [3.63, 3.8) is 0 Å². The highest BCUT2D eigenvalue weighted by atomic mass is 35.5. The predicted molar refractivity (Wildman–Crippen MR) is 195 cm³/mol. The Morgan fingerprint density at radius 1 is 0.981 bits per heavy atom. The monoisotopic (exact) mass is 807 g/mol. The first-order valence-electron chi connectivity index (χ1n) is 17.4. The number of thioether (sulfide) groups is 1. The molecule has 1 aliphatic carbocycles. The van der Waals surface area contributed by atoms with Gasteiger partial charge in [0, 0.05) is 33.1 Å². The van der Waals surface area contributed by atoms with Gasteiger partial charge in [-0.25, -0.2) is 8.78 Å². The molecule has 1 saturated carbocycles. The largest absolute Gasteiger partial charge is 0.466 e. The Hall–Kier alpha value is -2.65. The molecule has 0 aliphatic heterocycles. The van der Waals surface area contributed by atoms with E-state index in [1.807, 2.05) is 27.0 Å². The summed E-state index contributed by atoms with van der Waals surface area (Å²) in [5, 5.41) is 4.58. The van der Waals surface area contributed by atoms with E-state index in [1.165, 1.54) is 11.8 Å². The molecule has 7 nitrogen and oxygen atoms in total. The normalized spacial score (nSPS) is 17.2. The van der Waals surface area contributed by atoms with Gasteiger partial charge in [0.1, 0.15) is 11.6 Å². The fraction of sp³-hybridized carbons (Fsp3) is 0.528. The highest BCUT2D eigenvalue weighted by Gasteiger charge is 2.44. The Balaban J connectivity index is 1.82. The summed E-state index contributed by atoms with van der Waals surface area (Å²) in [6.45, 7) is 7.08. The number of hydrogen-bond acceptors (Lipinski definition) is 6. The molecule has 0 saturated heterocycles. The van der Waals surface area contributed by atoms with Gasteiger partial charge in [0.2, 0.25) is 0 Å². The molecular formula is C36H44Cl2F5N3O4SSi. The van der Waals surface area contributed by atoms with Gasteiger partial charge in [0.25, 0.3) is 5.91 Å². The number of carbonyl (C=O) groups excluding carboxylic acids is 2. The first kappa shape index (κ1) is 42.1. The van der Waals surface area contributed by atoms with Crippen molar-refractivity contribution in [2.24, 2.45) is 5.92 Å². The van der Waals surface area contributed by atoms with Crippen molar-refractivity contribution in [1.82, 2.24) is 14.7 Å². The quantitative estimate of drug-likeness (QED) is 0.0659. The smallest absolute Gasteiger partial charge is 0.433 e. The van der Waals surface area contributed by atoms with Crippen molar-refractivity contribution >= 4 is 55.2 Å². The SMILES string of the molecule is CCOC(=O)[C@H]1CC[C@H](n2ncc(C(=O)N(Cc3cc(F)cc(F)c3)CC(O[Si](CC)(CC)CC)c3c(Cl)cc(SC)cc3Cl)c2C(F)(F)F)CC1. The van der Waals surface area contributed by atoms with E-state index in [1.54, 1.807) is 19.1 Å². The van der Waals surface area contributed by atoms with Gasteiger partial charge in [-0.15, -0.1) is 11.8 Å². The van der Waals surface area contributed by atoms with Crippen LogP contribution in [0.5, 0.6) is 0 Å². The van der Waals surface area contributed by atoms with Crippen LogP contribution in [-0.2, 0) is 26.7 Å². The van der Waals surface area contributed by atoms with E-state index < -0.39 is 67.9 Å². The fourth-order valence-electron chi connectivity index (χ4n) is 6.88. The van der Waals surface area contributed by atoms with E-state index in [0.29, 0.717) is 42.6 Å². The molecule has 1 atom stereocenters. The number of esters is 1. The fourth-order valence-corrected chi connectivity index (χ4v) is 11.0. The van der Waals surface area contributed by atoms with Crippen LogP contribution in [0.4, 0.5) is 22.0 Å². The number of nitrogens with zero attached hydrogens (tertiary/aromatic N) is 3. The van der Waals surface area contributed by atoms with Crippen LogP contribution in [0, 0.1) is 17.6 Å². The summed E-state index contributed by atoms with van der Waals surface area (Å²) in [6, 6.07) is 7.46. The van der Waals surface area contributed by atoms with Crippen molar-refractivity contribution in [3.8, 4) is 0 Å². The van der Waals surface area contributed by atoms with Gasteiger partial charge >= 0.3 is 12.1 Å². The zero-order valence-corrected chi connectivity index (χ0v) is 33.1. The van der Waals surface area contributed by atoms with Gasteiger partial charge in [0.05, 0.1) is 43.0 Å². The molecule has 1 unspecified atom stereocenters. The molecule has 0 N–H and O–H groups in total. The lowest BCUT2D eigenvalue weighted by molar-refractivity contribution is -0.151. The maximum absolute atomic E-state index is 15.0. The minimum absolute atomic E-state index is 0.0164. The number of aromatic nitrogens is 2. The standard InChI is InChI=1S/C36H44Cl2F5N3O4SSi/c1-6-49-35(48)23-10-12-26(13-11-23)46-33(36(41,42)43)28(19-44-46)34(47)45(20-22-14-24(39)16-25(40)15-22)21-31(50-52(7-2,8-3)9-4)32-29(37)17-27(51-5)18-30(32)38/h14-19,23,26,31H,6-13,20-21H2,1-5H3/t23-,26-,31?. The summed E-state index contributed by atoms with van der Waals surface area (Å²) in [4.78, 5) is 28.7. The highest BCUT2D eigenvalue weighted by molar-refractivity contribution is 7.98. The Kier molecular flexibility index (Phi) is 14.7. The summed E-state index contributed by atoms with van der Waals surface area (Å²) in [7, 11) is -2.51. The van der Waals surface area contributed by atoms with E-state index in [9.17, 15) is 31.5 Å². The molecule has 1 aromatic heterocycles. The van der Waals surface area contributed by atoms with E-state index in [0.717, 1.165) is 32.8 Å². The molecule has 1 aliphatic rings. The molecule has 3 aromatic rings. The lowest BCUT2D eigenvalue weighted by Gasteiger charge is -2.37. The van der Waals surface area contributed by atoms with E-state index in [4.69, 9.17) is 32.4 Å². The molecule has 16 heteroatoms. The molecule has 4 rings (SSSR count). The number of ether oxygens (including phenoxy) is 1. The van der Waals surface area contributed by atoms with Gasteiger partial charge in [-0.1, -0.05) is 44.0 Å². The summed E-state index contributed by atoms with van der Waals surface area (Å²) in [6.07, 6.45) is -2.23. The van der Waals surface area contributed by atoms with Crippen LogP contribution in [0.25, 0.3) is 0 Å². The first-order valence-corrected chi connectivity index (χ1v) is 21.9. The number of halogens is 7. The minimum Gasteiger partial charge on any atom is -0.466 e. The average Bonchev–Trinajstić information content (AvgIpc) is 3.56. The molecular weight excluding hydrogens is 764 g/mol. The van der Waals surface area contributed by atoms with Gasteiger partial charge < -0.3 is 14.1 Å². The van der Waals surface area contributed by atoms with Crippen molar-refractivity contribution < 1.29 is 40.7 Å². The number of amides is 1. The highest BCUT2D eigenvalue weighted by Crippen LogP contribution is 2.42. The van der Waals surface area contributed by atoms with Crippen molar-refractivity contribution in [1.29, 1.82) is 0 Å². The van der Waals surface area contributed by atoms with Gasteiger partial charge in [0.15, 0.2) is 14.0 Å². The molecule has 0 radical (unpaired) electrons. The predicted octanol–water partition coefficient (Wildman–Crippen LogP) is 10.9. The third-order valence-corrected chi connectivity index (χ3v) is 15.8. The Morgan fingerprint density at radius 2 is 1.56 bits per heavy atom. The summed E-state index contributed by atoms with van der Waals surface area (Å²) < 4.78 is 86.6. The van der Waals surface area contributed by atoms with Gasteiger partial charge in [-0.3, -0.25) is 14.3 Å². The van der Waals surface area contributed by atoms with Crippen LogP contribution < -0.4 is 0 Å². The lowest BCUT2D eigenvalue weighted by Crippen LogP contribution is -2.42. The molecule has 286 valence electrons. The van der Waals surface area contributed by atoms with Crippen LogP contribution >= 0.6 is 35.0 Å². The maximum atomic E-state index is 15.0. The molecule has 1 fully saturated rings. The summed E-state index contributed by atoms with van der Waals surface area (Å²) >= 11 is 15.0. The number of rotatable bonds is 15. The van der Waals surface area contributed by atoms with Gasteiger partial charge in [-0.05, 0) is 86.8 Å². The Bertz CT molecular complexity index is 1670. The Morgan fingerprint density at radius 3 is 2.06 bits per heavy atom. The number of benzene rings is 2. The van der Waals surface area contributed by atoms with Crippen LogP contribution in [0.2, 0.25) is 28.2 Å². The van der Waals surface area contributed by atoms with E-state index in [-0.39, 0.29) is 47.6 Å². The first-order chi connectivity index (χ1) is 24.6. The topological polar surface area (TPSA) is 73.7 Å². The Labute approximate surface area is 316 Å². The zero-order valence-electron chi connectivity index (χ0n) is 29.8. The number of alkyl halides is 3. The van der Waals surface area contributed by atoms with Crippen LogP contribution in [-0.4, -0.2) is 54.3 Å². The molecule has 1 heterocycles. The van der Waals surface area contributed by atoms with Crippen molar-refractivity contribution in [2.45, 2.75) is 101 Å². The van der Waals surface area contributed by atoms with E-state index in [2.05, 4.69) is 5.10 Å². The molecule has 1 amide bonds. The summed E-state index contributed by atoms with van der Waals surface area (Å²) in [5.41, 5.74) is -1.59. The third kappa shape index (κ3) is 9.90. The van der Waals surface area contributed by atoms with Crippen molar-refractivity contribution in [3.05, 3.63) is 80.6 Å². The summed E-state index contributed by atoms with van der Waals surface area (Å²) in [5.74, 6) is -3.72. The van der Waals surface area contributed by atoms with Crippen LogP contribution in [0.15, 0.2) is 41.4 Å². The molecule has 0 spiro atoms. The van der Waals surface area contributed by atoms with Crippen molar-refractivity contribution in [2.75, 3.05) is 19.4 Å². The second-order valence-corrected chi connectivity index (χ2v) is 19.3. The molecule has 0 bridgehead atoms. The van der Waals surface area contributed by atoms with E-state index >= 15 is 0 Å². The lowest BCUT2D eigenvalue weighted by atomic mass is 9.86. The molecule has 52 heavy (non-hydrogen) atoms. The second kappa shape index (κ2) is 18.1. The average molecular weight is 809 g/mol. The van der Waals surface area contributed by atoms with Gasteiger partial charge in [-0.2, -0.15) is 18.3 Å². The maximum Gasteiger partial charge on any atom is 0.433 e. The molecule has 2 aromatic carbocycles. The number of carbonyl (C=O) groups is 2. The third-order valence-electron chi connectivity index (χ3n) is 9.86. The minimum atomic E-state index is -5.00. The van der Waals surface area contributed by atoms with Crippen LogP contribution in [0.1, 0.15) is 92.7 Å². The van der Waals surface area contributed by atoms with Crippen LogP contribution in [0.3, 0.4) is 0 Å². The second-order valence-electron chi connectivity index (χ2n) is 12.9. The number of hydrogen-bond donors (Lipinski definition) is 0.